The lowest BCUT2D eigenvalue weighted by Crippen LogP contribution is -2.16. The number of halogens is 13. The molecule has 0 amide bonds. The molecular formula is C100H74F13N25O7. The summed E-state index contributed by atoms with van der Waals surface area (Å²) in [4.78, 5) is 56.5. The van der Waals surface area contributed by atoms with Gasteiger partial charge in [0.15, 0.2) is 5.69 Å². The third kappa shape index (κ3) is 24.5. The van der Waals surface area contributed by atoms with Crippen molar-refractivity contribution < 1.29 is 91.7 Å². The average Bonchev–Trinajstić information content (AvgIpc) is 1.59. The Morgan fingerprint density at radius 1 is 0.372 bits per heavy atom. The molecule has 14 heterocycles. The van der Waals surface area contributed by atoms with Crippen molar-refractivity contribution in [2.75, 3.05) is 26.6 Å². The van der Waals surface area contributed by atoms with Crippen LogP contribution in [-0.2, 0) is 32.2 Å². The predicted molar refractivity (Wildman–Crippen MR) is 507 cm³/mol. The van der Waals surface area contributed by atoms with Crippen molar-refractivity contribution in [3.63, 3.8) is 0 Å². The number of aliphatic hydroxyl groups excluding tert-OH is 4. The first kappa shape index (κ1) is 99.4. The summed E-state index contributed by atoms with van der Waals surface area (Å²) in [7, 11) is 0. The van der Waals surface area contributed by atoms with Crippen molar-refractivity contribution in [3.8, 4) is 80.8 Å². The molecule has 9 N–H and O–H groups in total. The van der Waals surface area contributed by atoms with Crippen molar-refractivity contribution in [2.45, 2.75) is 71.7 Å². The second-order valence-corrected chi connectivity index (χ2v) is 30.9. The Kier molecular flexibility index (Phi) is 30.1. The average molecular weight is 1980 g/mol. The van der Waals surface area contributed by atoms with E-state index in [1.165, 1.54) is 126 Å². The molecule has 0 aliphatic heterocycles. The molecule has 32 nitrogen and oxygen atoms in total. The number of para-hydroxylation sites is 2. The normalized spacial score (nSPS) is 11.6. The van der Waals surface area contributed by atoms with Crippen molar-refractivity contribution in [1.82, 2.24) is 87.0 Å². The highest BCUT2D eigenvalue weighted by molar-refractivity contribution is 5.79. The molecule has 0 radical (unpaired) electrons. The van der Waals surface area contributed by atoms with E-state index in [0.29, 0.717) is 120 Å². The first-order chi connectivity index (χ1) is 69.8. The summed E-state index contributed by atoms with van der Waals surface area (Å²) in [6.45, 7) is -2.88. The summed E-state index contributed by atoms with van der Waals surface area (Å²) >= 11 is 0. The van der Waals surface area contributed by atoms with Crippen LogP contribution in [0.25, 0.3) is 85.0 Å². The number of nitrogens with one attached hydrogen (secondary N) is 5. The Morgan fingerprint density at radius 2 is 0.731 bits per heavy atom. The van der Waals surface area contributed by atoms with Gasteiger partial charge >= 0.3 is 31.9 Å². The maximum Gasteiger partial charge on any atom is 0.573 e. The zero-order valence-corrected chi connectivity index (χ0v) is 75.1. The smallest absolute Gasteiger partial charge is 0.435 e. The molecule has 1 atom stereocenters. The van der Waals surface area contributed by atoms with Crippen LogP contribution in [0.1, 0.15) is 63.9 Å². The van der Waals surface area contributed by atoms with E-state index in [1.54, 1.807) is 83.3 Å². The van der Waals surface area contributed by atoms with E-state index >= 15 is 0 Å². The molecule has 45 heteroatoms. The van der Waals surface area contributed by atoms with Gasteiger partial charge in [0.25, 0.3) is 0 Å². The van der Waals surface area contributed by atoms with Crippen LogP contribution in [0.4, 0.5) is 115 Å². The lowest BCUT2D eigenvalue weighted by Gasteiger charge is -2.13. The van der Waals surface area contributed by atoms with Crippen LogP contribution in [0.2, 0.25) is 0 Å². The molecule has 14 aromatic heterocycles. The van der Waals surface area contributed by atoms with E-state index in [4.69, 9.17) is 0 Å². The van der Waals surface area contributed by atoms with Crippen LogP contribution in [0, 0.1) is 29.6 Å². The fourth-order valence-electron chi connectivity index (χ4n) is 14.7. The number of nitrogens with zero attached hydrogens (tertiary/aromatic N) is 20. The van der Waals surface area contributed by atoms with Crippen LogP contribution in [0.3, 0.4) is 0 Å². The van der Waals surface area contributed by atoms with Gasteiger partial charge in [-0.1, -0.05) is 54.1 Å². The highest BCUT2D eigenvalue weighted by Crippen LogP contribution is 2.40. The standard InChI is InChI=1S/C22H16F3N5O.C21H12F5N5O.C19H14F3N5O2.C19H15F2N5O2.C19H17N5O/c1-13(31)21-28-17-4-2-3-5-18(17)30(21)20-11-14(12-26)10-19(29-20)27-16-8-6-15(7-9-16)22(23,24)25;22-20(23)32-14-6-4-13(5-7-14)28-16-10-12(11-27)9-15(29-16)18-19(21(24,25)26)30-17-3-1-2-8-31(17)18;20-19(21,22)29-13-6-4-12(5-7-13)24-16-10-23-9-14(25-16)18-15(11-28)26-17-3-1-2-8-27(17)18;20-19(21)28-13-6-4-12(5-7-13)23-16-10-22-9-14(24-16)18-15(11-27)25-17-3-1-2-8-26(17)18;1-13-5-7-14(8-6-13)21-17-11-20-10-15(22-17)19-16(12-25)23-18-4-2-3-9-24(18)19/h2-11,13,31H,1H3,(H,27,29);1-10,20H,(H,28,29);1-10,28H,11H2,(H,24,25);1-10,19,27H,11H2,(H,23,24);2-11,25H,12H2,1H3,(H,21,22). The SMILES string of the molecule is CC(O)c1nc2ccccc2n1-c1cc(C#N)cc(Nc2ccc(C(F)(F)F)cc2)n1.Cc1ccc(Nc2cncc(-c3c(CO)nc4ccccn34)n2)cc1.N#Cc1cc(Nc2ccc(OC(F)F)cc2)nc(-c2c(C(F)(F)F)nc3ccccn23)c1.OCc1nc2ccccn2c1-c1cncc(Nc2ccc(OC(F)(F)F)cc2)n1.OCc1nc2ccccn2c1-c1cncc(Nc2ccc(OC(F)F)cc2)n1. The molecule has 0 fully saturated rings. The molecule has 0 spiro atoms. The topological polar surface area (TPSA) is 406 Å². The van der Waals surface area contributed by atoms with Crippen molar-refractivity contribution in [1.29, 1.82) is 10.5 Å². The van der Waals surface area contributed by atoms with Gasteiger partial charge in [0.1, 0.15) is 109 Å². The number of ether oxygens (including phenoxy) is 3. The van der Waals surface area contributed by atoms with E-state index < -0.39 is 49.3 Å². The number of nitriles is 2. The molecule has 145 heavy (non-hydrogen) atoms. The van der Waals surface area contributed by atoms with E-state index in [1.807, 2.05) is 131 Å². The molecule has 0 saturated heterocycles. The third-order valence-corrected chi connectivity index (χ3v) is 20.9. The summed E-state index contributed by atoms with van der Waals surface area (Å²) in [5.41, 5.74) is 10.8. The Morgan fingerprint density at radius 3 is 1.12 bits per heavy atom. The number of pyridine rings is 6. The number of aliphatic hydroxyl groups is 4. The summed E-state index contributed by atoms with van der Waals surface area (Å²) in [5.74, 6) is 2.20. The quantitative estimate of drug-likeness (QED) is 0.0254. The minimum atomic E-state index is -4.75. The number of aryl methyl sites for hydroxylation is 1. The second kappa shape index (κ2) is 43.8. The molecule has 0 bridgehead atoms. The lowest BCUT2D eigenvalue weighted by molar-refractivity contribution is -0.274. The minimum absolute atomic E-state index is 0.0640. The highest BCUT2D eigenvalue weighted by Gasteiger charge is 2.39. The number of imidazole rings is 5. The molecule has 6 aromatic carbocycles. The second-order valence-electron chi connectivity index (χ2n) is 30.9. The van der Waals surface area contributed by atoms with Gasteiger partial charge < -0.3 is 61.2 Å². The molecule has 20 rings (SSSR count). The largest absolute Gasteiger partial charge is 0.573 e. The summed E-state index contributed by atoms with van der Waals surface area (Å²) in [6.07, 6.45) is 1.63. The van der Waals surface area contributed by atoms with Crippen LogP contribution in [0.15, 0.2) is 305 Å². The van der Waals surface area contributed by atoms with Gasteiger partial charge in [0.2, 0.25) is 0 Å². The predicted octanol–water partition coefficient (Wildman–Crippen LogP) is 21.6. The maximum absolute atomic E-state index is 13.7. The number of benzene rings is 6. The van der Waals surface area contributed by atoms with Crippen LogP contribution >= 0.6 is 0 Å². The van der Waals surface area contributed by atoms with Crippen molar-refractivity contribution in [3.05, 3.63) is 355 Å². The molecule has 0 aliphatic rings. The summed E-state index contributed by atoms with van der Waals surface area (Å²) in [6, 6.07) is 67.4. The number of fused-ring (bicyclic) bond motifs is 5. The van der Waals surface area contributed by atoms with Crippen molar-refractivity contribution >= 4 is 91.1 Å². The maximum atomic E-state index is 13.7. The first-order valence-corrected chi connectivity index (χ1v) is 43.1. The van der Waals surface area contributed by atoms with Crippen LogP contribution in [-0.4, -0.2) is 127 Å². The van der Waals surface area contributed by atoms with Crippen LogP contribution < -0.4 is 40.8 Å². The molecule has 20 aromatic rings. The number of hydrogen-bond donors (Lipinski definition) is 9. The van der Waals surface area contributed by atoms with Gasteiger partial charge in [-0.05, 0) is 208 Å². The van der Waals surface area contributed by atoms with E-state index in [2.05, 4.69) is 112 Å². The number of anilines is 10. The molecule has 732 valence electrons. The van der Waals surface area contributed by atoms with Gasteiger partial charge in [-0.25, -0.2) is 49.8 Å². The van der Waals surface area contributed by atoms with Gasteiger partial charge in [0, 0.05) is 53.2 Å². The van der Waals surface area contributed by atoms with Gasteiger partial charge in [-0.2, -0.15) is 54.4 Å². The lowest BCUT2D eigenvalue weighted by atomic mass is 10.1. The Labute approximate surface area is 811 Å². The van der Waals surface area contributed by atoms with E-state index in [9.17, 15) is 88.0 Å². The Hall–Kier alpha value is -18.6. The summed E-state index contributed by atoms with van der Waals surface area (Å²) in [5, 5.41) is 73.1. The molecule has 0 saturated carbocycles. The zero-order valence-electron chi connectivity index (χ0n) is 75.1. The van der Waals surface area contributed by atoms with Gasteiger partial charge in [-0.3, -0.25) is 37.1 Å². The first-order valence-electron chi connectivity index (χ1n) is 43.1. The van der Waals surface area contributed by atoms with E-state index in [0.717, 1.165) is 29.2 Å². The van der Waals surface area contributed by atoms with Crippen LogP contribution in [0.5, 0.6) is 17.2 Å². The number of alkyl halides is 13. The Balaban J connectivity index is 0.000000130. The van der Waals surface area contributed by atoms with Gasteiger partial charge in [-0.15, -0.1) is 13.2 Å². The van der Waals surface area contributed by atoms with Crippen molar-refractivity contribution in [2.24, 2.45) is 0 Å². The molecular weight excluding hydrogens is 1910 g/mol. The fraction of sp³-hybridized carbons (Fsp3) is 0.110. The fourth-order valence-corrected chi connectivity index (χ4v) is 14.7. The highest BCUT2D eigenvalue weighted by atomic mass is 19.4. The number of rotatable bonds is 24. The van der Waals surface area contributed by atoms with Gasteiger partial charge in [0.05, 0.1) is 137 Å². The van der Waals surface area contributed by atoms with E-state index in [-0.39, 0.29) is 76.9 Å². The molecule has 1 unspecified atom stereocenters. The molecule has 0 aliphatic carbocycles. The monoisotopic (exact) mass is 1980 g/mol. The third-order valence-electron chi connectivity index (χ3n) is 20.9. The number of aromatic nitrogens is 18. The Bertz CT molecular complexity index is 8040. The minimum Gasteiger partial charge on any atom is -0.435 e. The number of hydrogen-bond acceptors (Lipinski definition) is 27. The summed E-state index contributed by atoms with van der Waals surface area (Å²) < 4.78 is 186. The zero-order chi connectivity index (χ0) is 102.